The summed E-state index contributed by atoms with van der Waals surface area (Å²) in [5, 5.41) is 0. The lowest BCUT2D eigenvalue weighted by Gasteiger charge is -2.36. The van der Waals surface area contributed by atoms with E-state index >= 15 is 0 Å². The number of hydrogen-bond donors (Lipinski definition) is 2. The monoisotopic (exact) mass is 519 g/mol. The van der Waals surface area contributed by atoms with Crippen molar-refractivity contribution < 1.29 is 19.4 Å². The third-order valence-corrected chi connectivity index (χ3v) is 7.83. The van der Waals surface area contributed by atoms with Crippen molar-refractivity contribution in [3.8, 4) is 0 Å². The van der Waals surface area contributed by atoms with Gasteiger partial charge in [0.15, 0.2) is 6.04 Å². The minimum atomic E-state index is -0.297. The molecule has 0 aromatic heterocycles. The number of anilines is 1. The fourth-order valence-electron chi connectivity index (χ4n) is 5.48. The van der Waals surface area contributed by atoms with Crippen LogP contribution < -0.4 is 14.7 Å². The summed E-state index contributed by atoms with van der Waals surface area (Å²) in [6.07, 6.45) is 0.282. The van der Waals surface area contributed by atoms with Crippen LogP contribution in [0.3, 0.4) is 0 Å². The van der Waals surface area contributed by atoms with Crippen LogP contribution in [0.1, 0.15) is 29.2 Å². The van der Waals surface area contributed by atoms with Gasteiger partial charge in [0.1, 0.15) is 32.2 Å². The number of carbonyl (C=O) groups excluding carboxylic acids is 2. The number of hydrogen-bond acceptors (Lipinski definition) is 2. The molecule has 2 amide bonds. The van der Waals surface area contributed by atoms with E-state index in [9.17, 15) is 9.59 Å². The minimum absolute atomic E-state index is 0.0735. The lowest BCUT2D eigenvalue weighted by Crippen LogP contribution is -3.30. The van der Waals surface area contributed by atoms with Gasteiger partial charge in [-0.15, -0.1) is 0 Å². The number of halogens is 1. The van der Waals surface area contributed by atoms with E-state index in [2.05, 4.69) is 76.6 Å². The Labute approximate surface area is 209 Å². The van der Waals surface area contributed by atoms with Gasteiger partial charge in [0.25, 0.3) is 5.91 Å². The Hall–Kier alpha value is -2.80. The molecule has 0 spiro atoms. The van der Waals surface area contributed by atoms with Gasteiger partial charge >= 0.3 is 0 Å². The van der Waals surface area contributed by atoms with Crippen molar-refractivity contribution in [3.05, 3.63) is 100 Å². The van der Waals surface area contributed by atoms with Crippen molar-refractivity contribution >= 4 is 33.4 Å². The lowest BCUT2D eigenvalue weighted by atomic mass is 9.96. The molecule has 174 valence electrons. The highest BCUT2D eigenvalue weighted by Gasteiger charge is 2.48. The highest BCUT2D eigenvalue weighted by atomic mass is 79.9. The van der Waals surface area contributed by atoms with Gasteiger partial charge in [0.2, 0.25) is 5.91 Å². The number of nitrogens with one attached hydrogen (secondary N) is 2. The van der Waals surface area contributed by atoms with Gasteiger partial charge in [-0.25, -0.2) is 4.90 Å². The quantitative estimate of drug-likeness (QED) is 0.506. The maximum Gasteiger partial charge on any atom is 0.292 e. The molecule has 0 unspecified atom stereocenters. The second-order valence-electron chi connectivity index (χ2n) is 9.35. The van der Waals surface area contributed by atoms with Gasteiger partial charge in [0, 0.05) is 15.6 Å². The molecule has 0 bridgehead atoms. The van der Waals surface area contributed by atoms with E-state index in [0.717, 1.165) is 36.2 Å². The molecule has 5 nitrogen and oxygen atoms in total. The summed E-state index contributed by atoms with van der Waals surface area (Å²) in [7, 11) is 0. The van der Waals surface area contributed by atoms with Crippen LogP contribution in [0.25, 0.3) is 0 Å². The van der Waals surface area contributed by atoms with E-state index in [4.69, 9.17) is 0 Å². The SMILES string of the molecule is Cc1ccc(N2C(=O)C[C@@H]([NH+]3CC[NH+](C(c4ccccc4)c4ccccc4)CC3)C2=O)c(Br)c1. The fraction of sp³-hybridized carbons (Fsp3) is 0.286. The molecule has 2 saturated heterocycles. The van der Waals surface area contributed by atoms with Gasteiger partial charge in [-0.2, -0.15) is 0 Å². The first kappa shape index (κ1) is 23.0. The zero-order valence-electron chi connectivity index (χ0n) is 19.3. The molecule has 2 heterocycles. The summed E-state index contributed by atoms with van der Waals surface area (Å²) >= 11 is 3.54. The smallest absolute Gasteiger partial charge is 0.292 e. The van der Waals surface area contributed by atoms with Crippen LogP contribution in [0.5, 0.6) is 0 Å². The summed E-state index contributed by atoms with van der Waals surface area (Å²) in [6.45, 7) is 5.65. The van der Waals surface area contributed by atoms with Gasteiger partial charge in [-0.3, -0.25) is 9.59 Å². The summed E-state index contributed by atoms with van der Waals surface area (Å²) < 4.78 is 0.785. The Balaban J connectivity index is 1.32. The van der Waals surface area contributed by atoms with E-state index in [1.807, 2.05) is 25.1 Å². The molecule has 0 aliphatic carbocycles. The predicted octanol–water partition coefficient (Wildman–Crippen LogP) is 1.96. The number of carbonyl (C=O) groups is 2. The summed E-state index contributed by atoms with van der Waals surface area (Å²) in [4.78, 5) is 30.4. The Morgan fingerprint density at radius 2 is 1.44 bits per heavy atom. The number of aryl methyl sites for hydroxylation is 1. The second kappa shape index (κ2) is 9.82. The average molecular weight is 520 g/mol. The topological polar surface area (TPSA) is 46.3 Å². The Morgan fingerprint density at radius 1 is 0.853 bits per heavy atom. The van der Waals surface area contributed by atoms with Crippen LogP contribution in [-0.4, -0.2) is 44.0 Å². The molecule has 2 aliphatic rings. The van der Waals surface area contributed by atoms with E-state index in [1.54, 1.807) is 0 Å². The number of imide groups is 1. The maximum absolute atomic E-state index is 13.4. The molecular formula is C28H30BrN3O2+2. The molecule has 3 aromatic carbocycles. The van der Waals surface area contributed by atoms with Gasteiger partial charge < -0.3 is 9.80 Å². The third kappa shape index (κ3) is 4.45. The molecule has 34 heavy (non-hydrogen) atoms. The number of piperazine rings is 1. The van der Waals surface area contributed by atoms with Crippen molar-refractivity contribution in [1.82, 2.24) is 0 Å². The lowest BCUT2D eigenvalue weighted by molar-refractivity contribution is -1.03. The Kier molecular flexibility index (Phi) is 6.63. The molecule has 2 N–H and O–H groups in total. The Bertz CT molecular complexity index is 1140. The van der Waals surface area contributed by atoms with Crippen molar-refractivity contribution in [3.63, 3.8) is 0 Å². The Morgan fingerprint density at radius 3 is 2.00 bits per heavy atom. The van der Waals surface area contributed by atoms with Gasteiger partial charge in [-0.1, -0.05) is 66.7 Å². The van der Waals surface area contributed by atoms with E-state index < -0.39 is 0 Å². The average Bonchev–Trinajstić information content (AvgIpc) is 3.15. The van der Waals surface area contributed by atoms with Crippen LogP contribution in [-0.2, 0) is 9.59 Å². The van der Waals surface area contributed by atoms with Crippen LogP contribution in [0.4, 0.5) is 5.69 Å². The van der Waals surface area contributed by atoms with Crippen LogP contribution in [0.2, 0.25) is 0 Å². The number of benzene rings is 3. The molecule has 0 radical (unpaired) electrons. The highest BCUT2D eigenvalue weighted by molar-refractivity contribution is 9.10. The molecule has 1 atom stereocenters. The van der Waals surface area contributed by atoms with E-state index in [0.29, 0.717) is 5.69 Å². The first-order valence-corrected chi connectivity index (χ1v) is 12.7. The first-order valence-electron chi connectivity index (χ1n) is 11.9. The third-order valence-electron chi connectivity index (χ3n) is 7.19. The van der Waals surface area contributed by atoms with Crippen LogP contribution in [0, 0.1) is 6.92 Å². The zero-order valence-corrected chi connectivity index (χ0v) is 20.9. The van der Waals surface area contributed by atoms with Crippen LogP contribution in [0.15, 0.2) is 83.3 Å². The zero-order chi connectivity index (χ0) is 23.7. The maximum atomic E-state index is 13.4. The first-order chi connectivity index (χ1) is 16.5. The van der Waals surface area contributed by atoms with E-state index in [-0.39, 0.29) is 30.3 Å². The number of amides is 2. The number of nitrogens with zero attached hydrogens (tertiary/aromatic N) is 1. The number of rotatable bonds is 5. The predicted molar refractivity (Wildman–Crippen MR) is 136 cm³/mol. The van der Waals surface area contributed by atoms with Crippen molar-refractivity contribution in [1.29, 1.82) is 0 Å². The normalized spacial score (nSPS) is 23.0. The molecule has 2 aliphatic heterocycles. The van der Waals surface area contributed by atoms with E-state index in [1.165, 1.54) is 25.8 Å². The van der Waals surface area contributed by atoms with Crippen molar-refractivity contribution in [2.24, 2.45) is 0 Å². The van der Waals surface area contributed by atoms with Gasteiger partial charge in [0.05, 0.1) is 12.1 Å². The number of quaternary nitrogens is 2. The molecular weight excluding hydrogens is 490 g/mol. The summed E-state index contributed by atoms with van der Waals surface area (Å²) in [5.74, 6) is -0.177. The minimum Gasteiger partial charge on any atom is -0.316 e. The summed E-state index contributed by atoms with van der Waals surface area (Å²) in [6, 6.07) is 27.1. The van der Waals surface area contributed by atoms with Crippen molar-refractivity contribution in [2.45, 2.75) is 25.4 Å². The van der Waals surface area contributed by atoms with Crippen molar-refractivity contribution in [2.75, 3.05) is 31.1 Å². The second-order valence-corrected chi connectivity index (χ2v) is 10.2. The highest BCUT2D eigenvalue weighted by Crippen LogP contribution is 2.31. The molecule has 0 saturated carbocycles. The summed E-state index contributed by atoms with van der Waals surface area (Å²) in [5.41, 5.74) is 4.37. The molecule has 6 heteroatoms. The molecule has 2 fully saturated rings. The fourth-order valence-corrected chi connectivity index (χ4v) is 6.15. The standard InChI is InChI=1S/C28H28BrN3O2/c1-20-12-13-24(23(29)18-20)32-26(33)19-25(28(32)34)30-14-16-31(17-15-30)27(21-8-4-2-5-9-21)22-10-6-3-7-11-22/h2-13,18,25,27H,14-17,19H2,1H3/p+2/t25-/m1/s1. The van der Waals surface area contributed by atoms with Gasteiger partial charge in [-0.05, 0) is 40.5 Å². The largest absolute Gasteiger partial charge is 0.316 e. The molecule has 5 rings (SSSR count). The molecule has 3 aromatic rings. The van der Waals surface area contributed by atoms with Crippen LogP contribution >= 0.6 is 15.9 Å².